The lowest BCUT2D eigenvalue weighted by atomic mass is 10.0. The van der Waals surface area contributed by atoms with Crippen LogP contribution in [0.1, 0.15) is 27.2 Å². The number of likely N-dealkylation sites (N-methyl/N-ethyl adjacent to an activating group) is 1. The van der Waals surface area contributed by atoms with Gasteiger partial charge in [0.25, 0.3) is 0 Å². The van der Waals surface area contributed by atoms with Crippen molar-refractivity contribution in [3.63, 3.8) is 0 Å². The molecule has 1 atom stereocenters. The lowest BCUT2D eigenvalue weighted by molar-refractivity contribution is -0.132. The van der Waals surface area contributed by atoms with Crippen LogP contribution in [0.25, 0.3) is 0 Å². The highest BCUT2D eigenvalue weighted by molar-refractivity contribution is 5.85. The van der Waals surface area contributed by atoms with Gasteiger partial charge < -0.3 is 10.2 Å². The van der Waals surface area contributed by atoms with Crippen LogP contribution in [0.15, 0.2) is 0 Å². The molecule has 0 aromatic heterocycles. The minimum Gasteiger partial charge on any atom is -0.340 e. The molecule has 3 nitrogen and oxygen atoms in total. The number of amides is 1. The number of hydrogen-bond acceptors (Lipinski definition) is 2. The second-order valence-corrected chi connectivity index (χ2v) is 4.14. The van der Waals surface area contributed by atoms with Gasteiger partial charge in [0.1, 0.15) is 0 Å². The average molecular weight is 257 g/mol. The molecule has 1 fully saturated rings. The topological polar surface area (TPSA) is 32.3 Å². The zero-order valence-electron chi connectivity index (χ0n) is 9.66. The second kappa shape index (κ2) is 8.20. The molecule has 0 aromatic carbocycles. The molecule has 0 aromatic rings. The molecule has 0 unspecified atom stereocenters. The maximum atomic E-state index is 11.3. The predicted octanol–water partition coefficient (Wildman–Crippen LogP) is 1.70. The summed E-state index contributed by atoms with van der Waals surface area (Å²) in [4.78, 5) is 13.3. The minimum absolute atomic E-state index is 0. The summed E-state index contributed by atoms with van der Waals surface area (Å²) >= 11 is 0. The molecule has 1 rings (SSSR count). The van der Waals surface area contributed by atoms with E-state index < -0.39 is 0 Å². The van der Waals surface area contributed by atoms with Gasteiger partial charge in [-0.3, -0.25) is 4.79 Å². The Morgan fingerprint density at radius 1 is 1.47 bits per heavy atom. The van der Waals surface area contributed by atoms with Gasteiger partial charge in [0.2, 0.25) is 5.91 Å². The van der Waals surface area contributed by atoms with Crippen molar-refractivity contribution in [3.8, 4) is 0 Å². The minimum atomic E-state index is 0. The van der Waals surface area contributed by atoms with E-state index in [1.54, 1.807) is 0 Å². The van der Waals surface area contributed by atoms with Crippen LogP contribution in [-0.4, -0.2) is 36.5 Å². The molecule has 1 saturated heterocycles. The molecule has 1 amide bonds. The van der Waals surface area contributed by atoms with Crippen LogP contribution in [0.3, 0.4) is 0 Å². The Balaban J connectivity index is 0. The lowest BCUT2D eigenvalue weighted by Gasteiger charge is -2.33. The first-order valence-electron chi connectivity index (χ1n) is 5.14. The van der Waals surface area contributed by atoms with Gasteiger partial charge in [-0.15, -0.1) is 24.8 Å². The summed E-state index contributed by atoms with van der Waals surface area (Å²) in [6.07, 6.45) is 1.16. The molecule has 0 aliphatic carbocycles. The fraction of sp³-hybridized carbons (Fsp3) is 0.900. The fourth-order valence-electron chi connectivity index (χ4n) is 1.81. The summed E-state index contributed by atoms with van der Waals surface area (Å²) < 4.78 is 0. The number of nitrogens with zero attached hydrogens (tertiary/aromatic N) is 1. The van der Waals surface area contributed by atoms with Gasteiger partial charge in [-0.25, -0.2) is 0 Å². The first kappa shape index (κ1) is 17.4. The molecular weight excluding hydrogens is 235 g/mol. The fourth-order valence-corrected chi connectivity index (χ4v) is 1.81. The number of piperazine rings is 1. The van der Waals surface area contributed by atoms with Gasteiger partial charge in [-0.05, 0) is 19.3 Å². The van der Waals surface area contributed by atoms with E-state index in [1.165, 1.54) is 0 Å². The summed E-state index contributed by atoms with van der Waals surface area (Å²) in [5.41, 5.74) is 0. The van der Waals surface area contributed by atoms with Crippen LogP contribution >= 0.6 is 24.8 Å². The molecular formula is C10H22Cl2N2O. The third-order valence-corrected chi connectivity index (χ3v) is 2.47. The Hall–Kier alpha value is 0.01000. The molecule has 1 aliphatic rings. The normalized spacial score (nSPS) is 20.9. The third kappa shape index (κ3) is 5.59. The first-order chi connectivity index (χ1) is 6.13. The monoisotopic (exact) mass is 256 g/mol. The molecule has 92 valence electrons. The summed E-state index contributed by atoms with van der Waals surface area (Å²) in [5.74, 6) is 0.937. The molecule has 15 heavy (non-hydrogen) atoms. The highest BCUT2D eigenvalue weighted by Gasteiger charge is 2.23. The standard InChI is InChI=1S/C10H20N2O.2ClH/c1-4-12-7-9(5-8(2)3)11-6-10(12)13;;/h8-9,11H,4-7H2,1-3H3;2*1H/t9-;;/m1../s1. The van der Waals surface area contributed by atoms with Crippen LogP contribution < -0.4 is 5.32 Å². The smallest absolute Gasteiger partial charge is 0.236 e. The molecule has 0 bridgehead atoms. The molecule has 1 aliphatic heterocycles. The van der Waals surface area contributed by atoms with E-state index in [9.17, 15) is 4.79 Å². The molecule has 0 spiro atoms. The molecule has 1 N–H and O–H groups in total. The lowest BCUT2D eigenvalue weighted by Crippen LogP contribution is -2.54. The van der Waals surface area contributed by atoms with Gasteiger partial charge in [0, 0.05) is 19.1 Å². The van der Waals surface area contributed by atoms with E-state index in [4.69, 9.17) is 0 Å². The highest BCUT2D eigenvalue weighted by atomic mass is 35.5. The number of hydrogen-bond donors (Lipinski definition) is 1. The molecule has 5 heteroatoms. The van der Waals surface area contributed by atoms with Crippen molar-refractivity contribution >= 4 is 30.7 Å². The number of rotatable bonds is 3. The van der Waals surface area contributed by atoms with Crippen molar-refractivity contribution in [2.75, 3.05) is 19.6 Å². The third-order valence-electron chi connectivity index (χ3n) is 2.47. The van der Waals surface area contributed by atoms with Crippen molar-refractivity contribution in [3.05, 3.63) is 0 Å². The van der Waals surface area contributed by atoms with Crippen LogP contribution in [0.5, 0.6) is 0 Å². The van der Waals surface area contributed by atoms with Crippen LogP contribution in [-0.2, 0) is 4.79 Å². The Morgan fingerprint density at radius 2 is 2.07 bits per heavy atom. The van der Waals surface area contributed by atoms with Gasteiger partial charge in [-0.2, -0.15) is 0 Å². The zero-order chi connectivity index (χ0) is 9.84. The second-order valence-electron chi connectivity index (χ2n) is 4.14. The van der Waals surface area contributed by atoms with Crippen molar-refractivity contribution < 1.29 is 4.79 Å². The average Bonchev–Trinajstić information content (AvgIpc) is 2.07. The molecule has 0 saturated carbocycles. The summed E-state index contributed by atoms with van der Waals surface area (Å²) in [5, 5.41) is 3.27. The van der Waals surface area contributed by atoms with Gasteiger partial charge in [-0.1, -0.05) is 13.8 Å². The number of nitrogens with one attached hydrogen (secondary N) is 1. The maximum Gasteiger partial charge on any atom is 0.236 e. The highest BCUT2D eigenvalue weighted by Crippen LogP contribution is 2.09. The maximum absolute atomic E-state index is 11.3. The largest absolute Gasteiger partial charge is 0.340 e. The Labute approximate surface area is 105 Å². The first-order valence-corrected chi connectivity index (χ1v) is 5.14. The van der Waals surface area contributed by atoms with E-state index in [1.807, 2.05) is 11.8 Å². The van der Waals surface area contributed by atoms with Crippen LogP contribution in [0, 0.1) is 5.92 Å². The SMILES string of the molecule is CCN1C[C@@H](CC(C)C)NCC1=O.Cl.Cl. The van der Waals surface area contributed by atoms with Crippen molar-refractivity contribution in [2.24, 2.45) is 5.92 Å². The van der Waals surface area contributed by atoms with E-state index in [2.05, 4.69) is 19.2 Å². The van der Waals surface area contributed by atoms with Gasteiger partial charge >= 0.3 is 0 Å². The quantitative estimate of drug-likeness (QED) is 0.834. The number of halogens is 2. The van der Waals surface area contributed by atoms with E-state index in [0.717, 1.165) is 19.5 Å². The van der Waals surface area contributed by atoms with Crippen LogP contribution in [0.2, 0.25) is 0 Å². The summed E-state index contributed by atoms with van der Waals surface area (Å²) in [6.45, 7) is 8.71. The van der Waals surface area contributed by atoms with Crippen LogP contribution in [0.4, 0.5) is 0 Å². The van der Waals surface area contributed by atoms with Gasteiger partial charge in [0.05, 0.1) is 6.54 Å². The van der Waals surface area contributed by atoms with E-state index in [-0.39, 0.29) is 30.7 Å². The van der Waals surface area contributed by atoms with E-state index in [0.29, 0.717) is 18.5 Å². The van der Waals surface area contributed by atoms with Gasteiger partial charge in [0.15, 0.2) is 0 Å². The van der Waals surface area contributed by atoms with Crippen molar-refractivity contribution in [2.45, 2.75) is 33.2 Å². The Morgan fingerprint density at radius 3 is 2.53 bits per heavy atom. The Bertz CT molecular complexity index is 188. The van der Waals surface area contributed by atoms with Crippen molar-refractivity contribution in [1.82, 2.24) is 10.2 Å². The molecule has 0 radical (unpaired) electrons. The summed E-state index contributed by atoms with van der Waals surface area (Å²) in [7, 11) is 0. The van der Waals surface area contributed by atoms with Crippen molar-refractivity contribution in [1.29, 1.82) is 0 Å². The number of carbonyl (C=O) groups excluding carboxylic acids is 1. The Kier molecular flexibility index (Phi) is 9.51. The summed E-state index contributed by atoms with van der Waals surface area (Å²) in [6, 6.07) is 0.498. The zero-order valence-corrected chi connectivity index (χ0v) is 11.3. The predicted molar refractivity (Wildman–Crippen MR) is 68.0 cm³/mol. The number of carbonyl (C=O) groups is 1. The van der Waals surface area contributed by atoms with E-state index >= 15 is 0 Å². The molecule has 1 heterocycles.